The molecule has 94 valence electrons. The Balaban J connectivity index is 2.47. The molecule has 1 aliphatic rings. The van der Waals surface area contributed by atoms with E-state index in [0.717, 1.165) is 6.42 Å². The summed E-state index contributed by atoms with van der Waals surface area (Å²) in [5.74, 6) is 0.111. The Morgan fingerprint density at radius 3 is 2.50 bits per heavy atom. The summed E-state index contributed by atoms with van der Waals surface area (Å²) in [5, 5.41) is 2.53. The van der Waals surface area contributed by atoms with Crippen molar-refractivity contribution in [2.24, 2.45) is 11.8 Å². The predicted octanol–water partition coefficient (Wildman–Crippen LogP) is 0.0401. The minimum Gasteiger partial charge on any atom is -0.359 e. The number of carbonyl (C=O) groups excluding carboxylic acids is 1. The van der Waals surface area contributed by atoms with Crippen LogP contribution in [0.15, 0.2) is 0 Å². The molecular weight excluding hydrogens is 228 g/mol. The lowest BCUT2D eigenvalue weighted by Gasteiger charge is -2.37. The number of nitrogens with one attached hydrogen (secondary N) is 1. The molecule has 0 radical (unpaired) electrons. The van der Waals surface area contributed by atoms with E-state index in [1.54, 1.807) is 7.05 Å². The number of hydrogen-bond donors (Lipinski definition) is 1. The molecule has 0 spiro atoms. The van der Waals surface area contributed by atoms with Gasteiger partial charge in [0.15, 0.2) is 0 Å². The van der Waals surface area contributed by atoms with Crippen LogP contribution >= 0.6 is 0 Å². The summed E-state index contributed by atoms with van der Waals surface area (Å²) in [7, 11) is -1.59. The summed E-state index contributed by atoms with van der Waals surface area (Å²) in [5.41, 5.74) is 0. The van der Waals surface area contributed by atoms with Crippen molar-refractivity contribution < 1.29 is 13.2 Å². The molecule has 0 saturated carbocycles. The molecule has 6 heteroatoms. The van der Waals surface area contributed by atoms with Gasteiger partial charge in [0.05, 0.1) is 11.7 Å². The molecule has 0 aromatic carbocycles. The average molecular weight is 248 g/mol. The fraction of sp³-hybridized carbons (Fsp3) is 0.900. The second-order valence-corrected chi connectivity index (χ2v) is 6.43. The molecule has 1 heterocycles. The SMILES string of the molecule is CC[C@@H](C)CS(=O)(=O)N1CC(C(=O)NC)C1. The van der Waals surface area contributed by atoms with Crippen LogP contribution in [0.25, 0.3) is 0 Å². The van der Waals surface area contributed by atoms with Gasteiger partial charge in [0, 0.05) is 20.1 Å². The topological polar surface area (TPSA) is 66.5 Å². The fourth-order valence-electron chi connectivity index (χ4n) is 1.62. The van der Waals surface area contributed by atoms with E-state index in [4.69, 9.17) is 0 Å². The molecule has 1 N–H and O–H groups in total. The zero-order valence-electron chi connectivity index (χ0n) is 10.1. The highest BCUT2D eigenvalue weighted by Crippen LogP contribution is 2.21. The largest absolute Gasteiger partial charge is 0.359 e. The first-order valence-electron chi connectivity index (χ1n) is 5.60. The van der Waals surface area contributed by atoms with E-state index in [0.29, 0.717) is 13.1 Å². The van der Waals surface area contributed by atoms with Gasteiger partial charge in [-0.25, -0.2) is 12.7 Å². The molecule has 1 saturated heterocycles. The normalized spacial score (nSPS) is 20.2. The van der Waals surface area contributed by atoms with Gasteiger partial charge in [0.2, 0.25) is 15.9 Å². The molecule has 0 aromatic heterocycles. The van der Waals surface area contributed by atoms with E-state index in [-0.39, 0.29) is 23.5 Å². The van der Waals surface area contributed by atoms with Crippen LogP contribution in [0, 0.1) is 11.8 Å². The first-order valence-corrected chi connectivity index (χ1v) is 7.21. The van der Waals surface area contributed by atoms with Crippen molar-refractivity contribution in [3.8, 4) is 0 Å². The summed E-state index contributed by atoms with van der Waals surface area (Å²) < 4.78 is 25.1. The predicted molar refractivity (Wildman–Crippen MR) is 62.4 cm³/mol. The van der Waals surface area contributed by atoms with Crippen LogP contribution in [0.5, 0.6) is 0 Å². The first kappa shape index (κ1) is 13.4. The highest BCUT2D eigenvalue weighted by atomic mass is 32.2. The lowest BCUT2D eigenvalue weighted by molar-refractivity contribution is -0.127. The van der Waals surface area contributed by atoms with E-state index < -0.39 is 10.0 Å². The lowest BCUT2D eigenvalue weighted by atomic mass is 10.0. The molecule has 0 unspecified atom stereocenters. The molecule has 0 aromatic rings. The summed E-state index contributed by atoms with van der Waals surface area (Å²) in [6.45, 7) is 4.56. The Kier molecular flexibility index (Phi) is 4.32. The maximum atomic E-state index is 11.8. The summed E-state index contributed by atoms with van der Waals surface area (Å²) in [6, 6.07) is 0. The molecule has 1 aliphatic heterocycles. The van der Waals surface area contributed by atoms with E-state index >= 15 is 0 Å². The quantitative estimate of drug-likeness (QED) is 0.747. The van der Waals surface area contributed by atoms with Gasteiger partial charge in [0.25, 0.3) is 0 Å². The van der Waals surface area contributed by atoms with E-state index in [1.165, 1.54) is 4.31 Å². The third-order valence-electron chi connectivity index (χ3n) is 3.05. The van der Waals surface area contributed by atoms with Gasteiger partial charge in [-0.2, -0.15) is 0 Å². The van der Waals surface area contributed by atoms with Gasteiger partial charge in [-0.05, 0) is 5.92 Å². The van der Waals surface area contributed by atoms with Crippen LogP contribution in [0.3, 0.4) is 0 Å². The Labute approximate surface area is 97.2 Å². The summed E-state index contributed by atoms with van der Waals surface area (Å²) in [6.07, 6.45) is 0.853. The highest BCUT2D eigenvalue weighted by molar-refractivity contribution is 7.89. The van der Waals surface area contributed by atoms with Crippen molar-refractivity contribution in [1.29, 1.82) is 0 Å². The third-order valence-corrected chi connectivity index (χ3v) is 5.13. The Hall–Kier alpha value is -0.620. The Bertz CT molecular complexity index is 347. The molecule has 16 heavy (non-hydrogen) atoms. The van der Waals surface area contributed by atoms with Crippen molar-refractivity contribution >= 4 is 15.9 Å². The molecule has 5 nitrogen and oxygen atoms in total. The Morgan fingerprint density at radius 2 is 2.06 bits per heavy atom. The van der Waals surface area contributed by atoms with Gasteiger partial charge < -0.3 is 5.32 Å². The van der Waals surface area contributed by atoms with Crippen LogP contribution in [0.4, 0.5) is 0 Å². The number of nitrogens with zero attached hydrogens (tertiary/aromatic N) is 1. The van der Waals surface area contributed by atoms with Crippen molar-refractivity contribution in [1.82, 2.24) is 9.62 Å². The second-order valence-electron chi connectivity index (χ2n) is 4.42. The van der Waals surface area contributed by atoms with Gasteiger partial charge >= 0.3 is 0 Å². The van der Waals surface area contributed by atoms with E-state index in [2.05, 4.69) is 5.32 Å². The number of rotatable bonds is 5. The standard InChI is InChI=1S/C10H20N2O3S/c1-4-8(2)7-16(14,15)12-5-9(6-12)10(13)11-3/h8-9H,4-7H2,1-3H3,(H,11,13)/t8-/m1/s1. The lowest BCUT2D eigenvalue weighted by Crippen LogP contribution is -2.56. The van der Waals surface area contributed by atoms with Crippen molar-refractivity contribution in [2.45, 2.75) is 20.3 Å². The third kappa shape index (κ3) is 2.95. The number of carbonyl (C=O) groups is 1. The van der Waals surface area contributed by atoms with Crippen molar-refractivity contribution in [2.75, 3.05) is 25.9 Å². The average Bonchev–Trinajstić information content (AvgIpc) is 2.13. The fourth-order valence-corrected chi connectivity index (χ4v) is 3.60. The zero-order chi connectivity index (χ0) is 12.3. The Morgan fingerprint density at radius 1 is 1.50 bits per heavy atom. The summed E-state index contributed by atoms with van der Waals surface area (Å²) >= 11 is 0. The van der Waals surface area contributed by atoms with E-state index in [1.807, 2.05) is 13.8 Å². The van der Waals surface area contributed by atoms with Gasteiger partial charge in [-0.3, -0.25) is 4.79 Å². The van der Waals surface area contributed by atoms with Gasteiger partial charge in [0.1, 0.15) is 0 Å². The second kappa shape index (κ2) is 5.14. The molecule has 0 bridgehead atoms. The molecule has 1 fully saturated rings. The molecule has 1 rings (SSSR count). The smallest absolute Gasteiger partial charge is 0.225 e. The van der Waals surface area contributed by atoms with E-state index in [9.17, 15) is 13.2 Å². The molecule has 0 aliphatic carbocycles. The first-order chi connectivity index (χ1) is 7.40. The van der Waals surface area contributed by atoms with Crippen molar-refractivity contribution in [3.05, 3.63) is 0 Å². The van der Waals surface area contributed by atoms with Crippen LogP contribution in [-0.2, 0) is 14.8 Å². The maximum absolute atomic E-state index is 11.8. The van der Waals surface area contributed by atoms with Crippen LogP contribution in [0.2, 0.25) is 0 Å². The van der Waals surface area contributed by atoms with Crippen molar-refractivity contribution in [3.63, 3.8) is 0 Å². The summed E-state index contributed by atoms with van der Waals surface area (Å²) in [4.78, 5) is 11.2. The maximum Gasteiger partial charge on any atom is 0.225 e. The number of sulfonamides is 1. The molecular formula is C10H20N2O3S. The number of hydrogen-bond acceptors (Lipinski definition) is 3. The van der Waals surface area contributed by atoms with Crippen LogP contribution in [-0.4, -0.2) is 44.5 Å². The minimum absolute atomic E-state index is 0.0741. The minimum atomic E-state index is -3.16. The molecule has 1 amide bonds. The van der Waals surface area contributed by atoms with Gasteiger partial charge in [-0.1, -0.05) is 20.3 Å². The molecule has 1 atom stereocenters. The number of amides is 1. The highest BCUT2D eigenvalue weighted by Gasteiger charge is 2.39. The monoisotopic (exact) mass is 248 g/mol. The van der Waals surface area contributed by atoms with Crippen LogP contribution < -0.4 is 5.32 Å². The van der Waals surface area contributed by atoms with Gasteiger partial charge in [-0.15, -0.1) is 0 Å². The van der Waals surface area contributed by atoms with Crippen LogP contribution in [0.1, 0.15) is 20.3 Å². The zero-order valence-corrected chi connectivity index (χ0v) is 10.9.